The fraction of sp³-hybridized carbons (Fsp3) is 0.459. The molecule has 3 saturated carbocycles. The lowest BCUT2D eigenvalue weighted by atomic mass is 9.33. The van der Waals surface area contributed by atoms with Crippen molar-refractivity contribution in [2.45, 2.75) is 69.5 Å². The minimum absolute atomic E-state index is 0.218. The molecule has 2 aromatic carbocycles. The summed E-state index contributed by atoms with van der Waals surface area (Å²) in [6, 6.07) is 11.8. The molecule has 4 aromatic rings. The van der Waals surface area contributed by atoms with Gasteiger partial charge in [-0.2, -0.15) is 0 Å². The monoisotopic (exact) mass is 682 g/mol. The molecule has 1 saturated heterocycles. The molecule has 11 heteroatoms. The fourth-order valence-corrected chi connectivity index (χ4v) is 10.3. The van der Waals surface area contributed by atoms with E-state index in [1.54, 1.807) is 22.8 Å². The first-order valence-corrected chi connectivity index (χ1v) is 18.4. The summed E-state index contributed by atoms with van der Waals surface area (Å²) in [6.45, 7) is 4.84. The minimum Gasteiger partial charge on any atom is -0.396 e. The quantitative estimate of drug-likeness (QED) is 0.222. The van der Waals surface area contributed by atoms with Crippen LogP contribution in [0, 0.1) is 11.3 Å². The van der Waals surface area contributed by atoms with Crippen molar-refractivity contribution in [1.29, 1.82) is 0 Å². The number of rotatable bonds is 9. The molecule has 48 heavy (non-hydrogen) atoms. The number of hydrogen-bond donors (Lipinski definition) is 2. The van der Waals surface area contributed by atoms with E-state index >= 15 is 0 Å². The number of anilines is 1. The van der Waals surface area contributed by atoms with Gasteiger partial charge < -0.3 is 19.5 Å². The molecule has 6 aliphatic rings. The van der Waals surface area contributed by atoms with E-state index in [2.05, 4.69) is 49.0 Å². The third-order valence-corrected chi connectivity index (χ3v) is 12.8. The summed E-state index contributed by atoms with van der Waals surface area (Å²) in [7, 11) is 0. The average Bonchev–Trinajstić information content (AvgIpc) is 3.87. The Morgan fingerprint density at radius 1 is 1.08 bits per heavy atom. The van der Waals surface area contributed by atoms with Crippen molar-refractivity contribution in [3.63, 3.8) is 0 Å². The number of aromatic nitrogens is 3. The van der Waals surface area contributed by atoms with E-state index in [0.29, 0.717) is 44.8 Å². The molecule has 2 aromatic heterocycles. The Labute approximate surface area is 288 Å². The van der Waals surface area contributed by atoms with E-state index in [9.17, 15) is 14.7 Å². The van der Waals surface area contributed by atoms with Gasteiger partial charge in [0.15, 0.2) is 11.2 Å². The Kier molecular flexibility index (Phi) is 7.31. The molecule has 248 valence electrons. The highest BCUT2D eigenvalue weighted by molar-refractivity contribution is 7.13. The Bertz CT molecular complexity index is 1880. The van der Waals surface area contributed by atoms with Gasteiger partial charge in [-0.1, -0.05) is 35.9 Å². The van der Waals surface area contributed by atoms with E-state index in [0.717, 1.165) is 67.7 Å². The molecule has 2 bridgehead atoms. The SMILES string of the molecule is O=C(Nc1nccs1)[C@@H](c1ncn2c1CCC2)N1Cc2c(Cl)cc(-c3ccc(C45CC(CN6CCC(CO)CC6)(C4)C5)cc3)cc2C1=O. The lowest BCUT2D eigenvalue weighted by Crippen LogP contribution is -2.68. The number of amides is 2. The van der Waals surface area contributed by atoms with Crippen LogP contribution in [0.25, 0.3) is 11.1 Å². The van der Waals surface area contributed by atoms with E-state index in [1.165, 1.54) is 42.7 Å². The van der Waals surface area contributed by atoms with Crippen LogP contribution >= 0.6 is 22.9 Å². The maximum Gasteiger partial charge on any atom is 0.255 e. The van der Waals surface area contributed by atoms with Gasteiger partial charge in [0, 0.05) is 59.7 Å². The standard InChI is InChI=1S/C37H39ClN6O3S/c38-29-15-25(24-3-5-26(6-4-24)37-18-36(19-37,20-37)21-42-11-7-23(17-45)8-12-42)14-27-28(29)16-44(34(27)47)32(33(46)41-35-39-9-13-48-35)31-30-2-1-10-43(30)22-40-31/h3-6,9,13-15,22-23,32,45H,1-2,7-8,10-12,16-21H2,(H,39,41,46)/t32-,36?,37?/m1/s1. The van der Waals surface area contributed by atoms with Crippen LogP contribution in [0.15, 0.2) is 54.3 Å². The first-order valence-electron chi connectivity index (χ1n) is 17.2. The number of aliphatic hydroxyl groups excluding tert-OH is 1. The predicted molar refractivity (Wildman–Crippen MR) is 185 cm³/mol. The number of hydrogen-bond acceptors (Lipinski definition) is 7. The molecule has 0 spiro atoms. The zero-order valence-corrected chi connectivity index (χ0v) is 28.4. The lowest BCUT2D eigenvalue weighted by molar-refractivity contribution is -0.158. The predicted octanol–water partition coefficient (Wildman–Crippen LogP) is 6.07. The van der Waals surface area contributed by atoms with Crippen LogP contribution in [0.3, 0.4) is 0 Å². The van der Waals surface area contributed by atoms with Gasteiger partial charge in [-0.3, -0.25) is 14.9 Å². The van der Waals surface area contributed by atoms with Crippen LogP contribution in [-0.4, -0.2) is 67.5 Å². The number of nitrogens with zero attached hydrogens (tertiary/aromatic N) is 5. The highest BCUT2D eigenvalue weighted by atomic mass is 35.5. The summed E-state index contributed by atoms with van der Waals surface area (Å²) in [5, 5.41) is 15.2. The minimum atomic E-state index is -0.898. The summed E-state index contributed by atoms with van der Waals surface area (Å²) in [5.74, 6) is -0.0606. The van der Waals surface area contributed by atoms with Crippen LogP contribution < -0.4 is 5.32 Å². The number of aliphatic hydroxyl groups is 1. The first kappa shape index (κ1) is 30.5. The normalized spacial score (nSPS) is 25.4. The summed E-state index contributed by atoms with van der Waals surface area (Å²) in [6.07, 6.45) is 11.2. The van der Waals surface area contributed by atoms with Gasteiger partial charge in [0.25, 0.3) is 11.8 Å². The highest BCUT2D eigenvalue weighted by Crippen LogP contribution is 2.73. The summed E-state index contributed by atoms with van der Waals surface area (Å²) in [5.41, 5.74) is 6.99. The molecular formula is C37H39ClN6O3S. The van der Waals surface area contributed by atoms with Gasteiger partial charge in [-0.25, -0.2) is 9.97 Å². The Morgan fingerprint density at radius 2 is 1.88 bits per heavy atom. The number of nitrogens with one attached hydrogen (secondary N) is 1. The maximum atomic E-state index is 14.1. The van der Waals surface area contributed by atoms with Crippen molar-refractivity contribution < 1.29 is 14.7 Å². The average molecular weight is 683 g/mol. The number of likely N-dealkylation sites (tertiary alicyclic amines) is 1. The van der Waals surface area contributed by atoms with E-state index in [-0.39, 0.29) is 18.4 Å². The number of fused-ring (bicyclic) bond motifs is 2. The zero-order chi connectivity index (χ0) is 32.6. The largest absolute Gasteiger partial charge is 0.396 e. The first-order chi connectivity index (χ1) is 23.3. The molecule has 9 nitrogen and oxygen atoms in total. The second-order valence-corrected chi connectivity index (χ2v) is 16.1. The molecular weight excluding hydrogens is 644 g/mol. The molecule has 2 amide bonds. The number of benzene rings is 2. The van der Waals surface area contributed by atoms with Gasteiger partial charge in [-0.15, -0.1) is 11.3 Å². The molecule has 0 radical (unpaired) electrons. The Morgan fingerprint density at radius 3 is 2.60 bits per heavy atom. The molecule has 3 aliphatic carbocycles. The van der Waals surface area contributed by atoms with Crippen LogP contribution in [0.2, 0.25) is 5.02 Å². The van der Waals surface area contributed by atoms with Gasteiger partial charge >= 0.3 is 0 Å². The lowest BCUT2D eigenvalue weighted by Gasteiger charge is -2.72. The fourth-order valence-electron chi connectivity index (χ4n) is 9.46. The van der Waals surface area contributed by atoms with Crippen molar-refractivity contribution in [2.75, 3.05) is 31.6 Å². The molecule has 0 unspecified atom stereocenters. The van der Waals surface area contributed by atoms with Gasteiger partial charge in [0.1, 0.15) is 0 Å². The molecule has 1 atom stereocenters. The second-order valence-electron chi connectivity index (χ2n) is 14.8. The van der Waals surface area contributed by atoms with Gasteiger partial charge in [-0.05, 0) is 104 Å². The highest BCUT2D eigenvalue weighted by Gasteiger charge is 2.68. The molecule has 3 aliphatic heterocycles. The summed E-state index contributed by atoms with van der Waals surface area (Å²) < 4.78 is 2.08. The van der Waals surface area contributed by atoms with Gasteiger partial charge in [0.2, 0.25) is 0 Å². The van der Waals surface area contributed by atoms with Crippen molar-refractivity contribution in [2.24, 2.45) is 11.3 Å². The Balaban J connectivity index is 0.926. The number of halogens is 1. The zero-order valence-electron chi connectivity index (χ0n) is 26.8. The number of carbonyl (C=O) groups is 2. The molecule has 2 N–H and O–H groups in total. The number of aryl methyl sites for hydroxylation is 1. The summed E-state index contributed by atoms with van der Waals surface area (Å²) >= 11 is 8.24. The van der Waals surface area contributed by atoms with Crippen LogP contribution in [0.5, 0.6) is 0 Å². The van der Waals surface area contributed by atoms with Crippen molar-refractivity contribution in [1.82, 2.24) is 24.3 Å². The second kappa shape index (κ2) is 11.5. The molecule has 4 fully saturated rings. The third kappa shape index (κ3) is 4.94. The van der Waals surface area contributed by atoms with Crippen LogP contribution in [0.1, 0.15) is 77.4 Å². The number of carbonyl (C=O) groups excluding carboxylic acids is 2. The van der Waals surface area contributed by atoms with Crippen LogP contribution in [0.4, 0.5) is 5.13 Å². The Hall–Kier alpha value is -3.57. The van der Waals surface area contributed by atoms with Crippen molar-refractivity contribution >= 4 is 39.9 Å². The molecule has 10 rings (SSSR count). The topological polar surface area (TPSA) is 104 Å². The van der Waals surface area contributed by atoms with Crippen molar-refractivity contribution in [3.8, 4) is 11.1 Å². The smallest absolute Gasteiger partial charge is 0.255 e. The van der Waals surface area contributed by atoms with Crippen LogP contribution in [-0.2, 0) is 29.7 Å². The molecule has 5 heterocycles. The number of thiazole rings is 1. The third-order valence-electron chi connectivity index (χ3n) is 11.8. The van der Waals surface area contributed by atoms with Gasteiger partial charge in [0.05, 0.1) is 12.0 Å². The van der Waals surface area contributed by atoms with E-state index in [1.807, 2.05) is 12.1 Å². The number of imidazole rings is 1. The number of piperidine rings is 1. The maximum absolute atomic E-state index is 14.1. The van der Waals surface area contributed by atoms with E-state index in [4.69, 9.17) is 11.6 Å². The summed E-state index contributed by atoms with van der Waals surface area (Å²) in [4.78, 5) is 41.1. The van der Waals surface area contributed by atoms with E-state index < -0.39 is 6.04 Å². The van der Waals surface area contributed by atoms with Crippen molar-refractivity contribution in [3.05, 3.63) is 87.4 Å².